The Hall–Kier alpha value is -2.75. The van der Waals surface area contributed by atoms with Crippen molar-refractivity contribution in [3.63, 3.8) is 0 Å². The molecule has 1 aromatic heterocycles. The van der Waals surface area contributed by atoms with Crippen molar-refractivity contribution in [3.8, 4) is 5.75 Å². The smallest absolute Gasteiger partial charge is 0.310 e. The van der Waals surface area contributed by atoms with E-state index in [0.717, 1.165) is 27.8 Å². The number of furan rings is 1. The average Bonchev–Trinajstić information content (AvgIpc) is 2.95. The van der Waals surface area contributed by atoms with Crippen LogP contribution in [0.25, 0.3) is 11.0 Å². The third kappa shape index (κ3) is 3.54. The van der Waals surface area contributed by atoms with Gasteiger partial charge in [-0.25, -0.2) is 0 Å². The lowest BCUT2D eigenvalue weighted by Crippen LogP contribution is -2.07. The summed E-state index contributed by atoms with van der Waals surface area (Å²) in [6.45, 7) is 2.29. The molecule has 0 amide bonds. The van der Waals surface area contributed by atoms with Gasteiger partial charge in [-0.15, -0.1) is 0 Å². The maximum absolute atomic E-state index is 12.0. The summed E-state index contributed by atoms with van der Waals surface area (Å²) in [5.74, 6) is 0.449. The molecule has 0 aliphatic rings. The second kappa shape index (κ2) is 6.57. The number of hydrogen-bond acceptors (Lipinski definition) is 4. The van der Waals surface area contributed by atoms with E-state index in [0.29, 0.717) is 5.58 Å². The predicted molar refractivity (Wildman–Crippen MR) is 87.4 cm³/mol. The third-order valence-corrected chi connectivity index (χ3v) is 3.68. The van der Waals surface area contributed by atoms with Crippen LogP contribution in [-0.2, 0) is 22.6 Å². The van der Waals surface area contributed by atoms with Crippen molar-refractivity contribution < 1.29 is 18.7 Å². The molecule has 0 fully saturated rings. The van der Waals surface area contributed by atoms with Crippen LogP contribution in [0.4, 0.5) is 0 Å². The van der Waals surface area contributed by atoms with Gasteiger partial charge in [0, 0.05) is 17.0 Å². The zero-order chi connectivity index (χ0) is 16.2. The highest BCUT2D eigenvalue weighted by Gasteiger charge is 2.12. The highest BCUT2D eigenvalue weighted by Crippen LogP contribution is 2.26. The third-order valence-electron chi connectivity index (χ3n) is 3.68. The number of carbonyl (C=O) groups is 1. The quantitative estimate of drug-likeness (QED) is 0.667. The average molecular weight is 310 g/mol. The molecule has 2 aromatic carbocycles. The molecule has 3 aromatic rings. The van der Waals surface area contributed by atoms with E-state index in [2.05, 4.69) is 0 Å². The number of benzene rings is 2. The molecule has 0 saturated heterocycles. The topological polar surface area (TPSA) is 48.7 Å². The van der Waals surface area contributed by atoms with Gasteiger partial charge in [-0.05, 0) is 24.6 Å². The van der Waals surface area contributed by atoms with Gasteiger partial charge < -0.3 is 13.9 Å². The minimum atomic E-state index is -0.273. The van der Waals surface area contributed by atoms with Crippen molar-refractivity contribution in [2.45, 2.75) is 20.0 Å². The molecule has 0 radical (unpaired) electrons. The molecule has 118 valence electrons. The molecular weight excluding hydrogens is 292 g/mol. The van der Waals surface area contributed by atoms with Crippen LogP contribution in [-0.4, -0.2) is 13.1 Å². The SMILES string of the molecule is COc1ccc2c(CC(=O)OCc3cccc(C)c3)coc2c1. The Morgan fingerprint density at radius 3 is 2.83 bits per heavy atom. The molecule has 4 heteroatoms. The number of ether oxygens (including phenoxy) is 2. The molecule has 0 N–H and O–H groups in total. The zero-order valence-electron chi connectivity index (χ0n) is 13.2. The van der Waals surface area contributed by atoms with Gasteiger partial charge in [-0.3, -0.25) is 4.79 Å². The molecular formula is C19H18O4. The second-order valence-corrected chi connectivity index (χ2v) is 5.45. The van der Waals surface area contributed by atoms with E-state index in [9.17, 15) is 4.79 Å². The Morgan fingerprint density at radius 1 is 1.17 bits per heavy atom. The molecule has 0 bridgehead atoms. The van der Waals surface area contributed by atoms with Crippen molar-refractivity contribution in [1.29, 1.82) is 0 Å². The van der Waals surface area contributed by atoms with E-state index in [1.165, 1.54) is 0 Å². The summed E-state index contributed by atoms with van der Waals surface area (Å²) < 4.78 is 16.0. The molecule has 0 aliphatic heterocycles. The number of methoxy groups -OCH3 is 1. The van der Waals surface area contributed by atoms with Gasteiger partial charge in [0.25, 0.3) is 0 Å². The van der Waals surface area contributed by atoms with Crippen LogP contribution in [0.2, 0.25) is 0 Å². The molecule has 3 rings (SSSR count). The van der Waals surface area contributed by atoms with Gasteiger partial charge in [0.15, 0.2) is 0 Å². The van der Waals surface area contributed by atoms with Gasteiger partial charge in [0.2, 0.25) is 0 Å². The van der Waals surface area contributed by atoms with Crippen molar-refractivity contribution in [2.75, 3.05) is 7.11 Å². The normalized spacial score (nSPS) is 10.7. The van der Waals surface area contributed by atoms with E-state index < -0.39 is 0 Å². The molecule has 4 nitrogen and oxygen atoms in total. The standard InChI is InChI=1S/C19H18O4/c1-13-4-3-5-14(8-13)11-23-19(20)9-15-12-22-18-10-16(21-2)6-7-17(15)18/h3-8,10,12H,9,11H2,1-2H3. The van der Waals surface area contributed by atoms with E-state index in [4.69, 9.17) is 13.9 Å². The van der Waals surface area contributed by atoms with Crippen molar-refractivity contribution in [2.24, 2.45) is 0 Å². The maximum atomic E-state index is 12.0. The second-order valence-electron chi connectivity index (χ2n) is 5.45. The largest absolute Gasteiger partial charge is 0.497 e. The van der Waals surface area contributed by atoms with Crippen LogP contribution < -0.4 is 4.74 Å². The van der Waals surface area contributed by atoms with Crippen LogP contribution in [0.1, 0.15) is 16.7 Å². The van der Waals surface area contributed by atoms with Gasteiger partial charge in [-0.1, -0.05) is 29.8 Å². The lowest BCUT2D eigenvalue weighted by atomic mass is 10.1. The van der Waals surface area contributed by atoms with Crippen molar-refractivity contribution in [1.82, 2.24) is 0 Å². The molecule has 0 saturated carbocycles. The van der Waals surface area contributed by atoms with Gasteiger partial charge >= 0.3 is 5.97 Å². The molecule has 0 spiro atoms. The first-order chi connectivity index (χ1) is 11.2. The highest BCUT2D eigenvalue weighted by atomic mass is 16.5. The number of aryl methyl sites for hydroxylation is 1. The Labute approximate surface area is 134 Å². The van der Waals surface area contributed by atoms with Crippen LogP contribution in [0, 0.1) is 6.92 Å². The summed E-state index contributed by atoms with van der Waals surface area (Å²) in [6.07, 6.45) is 1.78. The van der Waals surface area contributed by atoms with Gasteiger partial charge in [-0.2, -0.15) is 0 Å². The minimum absolute atomic E-state index is 0.186. The highest BCUT2D eigenvalue weighted by molar-refractivity contribution is 5.86. The summed E-state index contributed by atoms with van der Waals surface area (Å²) in [4.78, 5) is 12.0. The van der Waals surface area contributed by atoms with Crippen LogP contribution in [0.5, 0.6) is 5.75 Å². The first-order valence-electron chi connectivity index (χ1n) is 7.41. The number of fused-ring (bicyclic) bond motifs is 1. The lowest BCUT2D eigenvalue weighted by Gasteiger charge is -2.05. The lowest BCUT2D eigenvalue weighted by molar-refractivity contribution is -0.144. The fraction of sp³-hybridized carbons (Fsp3) is 0.211. The van der Waals surface area contributed by atoms with E-state index in [-0.39, 0.29) is 19.0 Å². The van der Waals surface area contributed by atoms with E-state index in [1.807, 2.05) is 43.3 Å². The molecule has 23 heavy (non-hydrogen) atoms. The predicted octanol–water partition coefficient (Wildman–Crippen LogP) is 4.04. The van der Waals surface area contributed by atoms with Gasteiger partial charge in [0.05, 0.1) is 19.8 Å². The van der Waals surface area contributed by atoms with Crippen LogP contribution >= 0.6 is 0 Å². The van der Waals surface area contributed by atoms with E-state index in [1.54, 1.807) is 19.4 Å². The Bertz CT molecular complexity index is 832. The number of esters is 1. The molecule has 0 unspecified atom stereocenters. The number of hydrogen-bond donors (Lipinski definition) is 0. The van der Waals surface area contributed by atoms with Crippen molar-refractivity contribution in [3.05, 3.63) is 65.4 Å². The number of carbonyl (C=O) groups excluding carboxylic acids is 1. The summed E-state index contributed by atoms with van der Waals surface area (Å²) in [5.41, 5.74) is 3.65. The molecule has 0 atom stereocenters. The van der Waals surface area contributed by atoms with Crippen molar-refractivity contribution >= 4 is 16.9 Å². The first kappa shape index (κ1) is 15.2. The first-order valence-corrected chi connectivity index (χ1v) is 7.41. The monoisotopic (exact) mass is 310 g/mol. The van der Waals surface area contributed by atoms with E-state index >= 15 is 0 Å². The fourth-order valence-corrected chi connectivity index (χ4v) is 2.50. The maximum Gasteiger partial charge on any atom is 0.310 e. The van der Waals surface area contributed by atoms with Crippen LogP contribution in [0.3, 0.4) is 0 Å². The Kier molecular flexibility index (Phi) is 4.33. The zero-order valence-corrected chi connectivity index (χ0v) is 13.2. The summed E-state index contributed by atoms with van der Waals surface area (Å²) in [6, 6.07) is 13.5. The summed E-state index contributed by atoms with van der Waals surface area (Å²) in [7, 11) is 1.60. The van der Waals surface area contributed by atoms with Gasteiger partial charge in [0.1, 0.15) is 17.9 Å². The minimum Gasteiger partial charge on any atom is -0.497 e. The number of rotatable bonds is 5. The summed E-state index contributed by atoms with van der Waals surface area (Å²) in [5, 5.41) is 0.901. The van der Waals surface area contributed by atoms with Crippen LogP contribution in [0.15, 0.2) is 53.1 Å². The Morgan fingerprint density at radius 2 is 2.04 bits per heavy atom. The molecule has 1 heterocycles. The summed E-state index contributed by atoms with van der Waals surface area (Å²) >= 11 is 0. The Balaban J connectivity index is 1.66. The fourth-order valence-electron chi connectivity index (χ4n) is 2.50. The molecule has 0 aliphatic carbocycles.